The Hall–Kier alpha value is -8.87. The number of nitrogens with zero attached hydrogens (tertiary/aromatic N) is 8. The van der Waals surface area contributed by atoms with Gasteiger partial charge >= 0.3 is 0 Å². The van der Waals surface area contributed by atoms with Crippen LogP contribution in [-0.4, -0.2) is 46.4 Å². The number of nitrogens with two attached hydrogens (primary N) is 3. The van der Waals surface area contributed by atoms with E-state index in [4.69, 9.17) is 36.1 Å². The zero-order valence-electron chi connectivity index (χ0n) is 34.6. The molecule has 6 heterocycles. The summed E-state index contributed by atoms with van der Waals surface area (Å²) in [7, 11) is 0. The molecule has 320 valence electrons. The molecule has 0 aliphatic carbocycles. The van der Waals surface area contributed by atoms with E-state index in [0.717, 1.165) is 16.3 Å². The first-order valence-corrected chi connectivity index (χ1v) is 20.7. The van der Waals surface area contributed by atoms with Crippen LogP contribution in [0, 0.1) is 45.3 Å². The largest absolute Gasteiger partial charge is 0.486 e. The number of ether oxygens (including phenoxy) is 4. The summed E-state index contributed by atoms with van der Waals surface area (Å²) in [5, 5.41) is 42.6. The van der Waals surface area contributed by atoms with Crippen LogP contribution < -0.4 is 41.5 Å². The van der Waals surface area contributed by atoms with E-state index in [1.165, 1.54) is 11.8 Å². The van der Waals surface area contributed by atoms with Crippen LogP contribution in [0.25, 0.3) is 22.3 Å². The molecule has 9 rings (SSSR count). The normalized spacial score (nSPS) is 11.6. The fraction of sp³-hybridized carbons (Fsp3) is 0.125. The highest BCUT2D eigenvalue weighted by Crippen LogP contribution is 2.42. The molecule has 7 N–H and O–H groups in total. The Kier molecular flexibility index (Phi) is 14.5. The van der Waals surface area contributed by atoms with Crippen LogP contribution in [0.15, 0.2) is 125 Å². The maximum Gasteiger partial charge on any atom is 0.161 e. The van der Waals surface area contributed by atoms with Crippen molar-refractivity contribution in [2.75, 3.05) is 43.2 Å². The van der Waals surface area contributed by atoms with Gasteiger partial charge in [0.15, 0.2) is 23.0 Å². The standard InChI is InChI=1S/C21H16N6O2.C21H14N4O2S.C6H8N2/c22-10-15-19(13-4-5-17-18(9-13)29-8-7-28-17)16(11-23)21(27-20(15)24)26-12-14-3-1-2-6-25-14;22-11-15-19(13-6-7-17-18(10-13)27-9-8-26-17)16(12-23)21(25-20(15)24)28-14-4-2-1-3-5-14;7-5-6-3-1-2-4-8-6/h1-6,9H,7-8,12H2,(H3,24,26,27);1-7,10H,8-9H2,(H2,24,25);1-4H,5,7H2. The Labute approximate surface area is 378 Å². The minimum Gasteiger partial charge on any atom is -0.486 e. The fourth-order valence-corrected chi connectivity index (χ4v) is 7.51. The van der Waals surface area contributed by atoms with Crippen molar-refractivity contribution in [1.82, 2.24) is 19.9 Å². The first kappa shape index (κ1) is 44.2. The Morgan fingerprint density at radius 1 is 0.554 bits per heavy atom. The number of fused-ring (bicyclic) bond motifs is 2. The molecular weight excluding hydrogens is 841 g/mol. The lowest BCUT2D eigenvalue weighted by Crippen LogP contribution is -2.15. The molecule has 2 aliphatic rings. The van der Waals surface area contributed by atoms with Crippen LogP contribution in [0.4, 0.5) is 17.5 Å². The molecule has 65 heavy (non-hydrogen) atoms. The number of hydrogen-bond acceptors (Lipinski definition) is 17. The second-order valence-electron chi connectivity index (χ2n) is 13.7. The molecule has 17 heteroatoms. The van der Waals surface area contributed by atoms with Gasteiger partial charge in [-0.2, -0.15) is 21.0 Å². The van der Waals surface area contributed by atoms with Crippen molar-refractivity contribution in [3.8, 4) is 69.5 Å². The molecular formula is C48H38N12O4S. The Morgan fingerprint density at radius 3 is 1.54 bits per heavy atom. The van der Waals surface area contributed by atoms with Crippen molar-refractivity contribution in [1.29, 1.82) is 21.0 Å². The molecule has 2 aliphatic heterocycles. The molecule has 0 spiro atoms. The second-order valence-corrected chi connectivity index (χ2v) is 14.7. The first-order valence-electron chi connectivity index (χ1n) is 19.9. The van der Waals surface area contributed by atoms with Gasteiger partial charge in [0.05, 0.1) is 23.5 Å². The van der Waals surface area contributed by atoms with Gasteiger partial charge in [-0.05, 0) is 71.8 Å². The van der Waals surface area contributed by atoms with E-state index >= 15 is 0 Å². The average molecular weight is 879 g/mol. The summed E-state index contributed by atoms with van der Waals surface area (Å²) in [5.41, 5.74) is 22.1. The van der Waals surface area contributed by atoms with Gasteiger partial charge in [0.1, 0.15) is 89.9 Å². The first-order chi connectivity index (χ1) is 31.8. The number of hydrogen-bond donors (Lipinski definition) is 4. The van der Waals surface area contributed by atoms with E-state index in [1.807, 2.05) is 66.7 Å². The molecule has 16 nitrogen and oxygen atoms in total. The van der Waals surface area contributed by atoms with Crippen molar-refractivity contribution in [3.05, 3.63) is 149 Å². The molecule has 4 aromatic heterocycles. The van der Waals surface area contributed by atoms with Gasteiger partial charge in [0.2, 0.25) is 0 Å². The predicted molar refractivity (Wildman–Crippen MR) is 243 cm³/mol. The summed E-state index contributed by atoms with van der Waals surface area (Å²) >= 11 is 1.33. The van der Waals surface area contributed by atoms with E-state index in [9.17, 15) is 21.0 Å². The summed E-state index contributed by atoms with van der Waals surface area (Å²) in [6, 6.07) is 39.9. The molecule has 3 aromatic carbocycles. The molecule has 0 atom stereocenters. The van der Waals surface area contributed by atoms with E-state index in [-0.39, 0.29) is 28.3 Å². The summed E-state index contributed by atoms with van der Waals surface area (Å²) < 4.78 is 22.4. The van der Waals surface area contributed by atoms with Gasteiger partial charge in [0, 0.05) is 35.0 Å². The Balaban J connectivity index is 0.000000166. The fourth-order valence-electron chi connectivity index (χ4n) is 6.60. The van der Waals surface area contributed by atoms with Gasteiger partial charge in [-0.15, -0.1) is 0 Å². The van der Waals surface area contributed by atoms with Gasteiger partial charge in [-0.3, -0.25) is 9.97 Å². The topological polar surface area (TPSA) is 274 Å². The van der Waals surface area contributed by atoms with Crippen molar-refractivity contribution in [2.24, 2.45) is 5.73 Å². The lowest BCUT2D eigenvalue weighted by atomic mass is 9.95. The molecule has 0 radical (unpaired) electrons. The smallest absolute Gasteiger partial charge is 0.161 e. The number of anilines is 3. The van der Waals surface area contributed by atoms with Gasteiger partial charge < -0.3 is 41.5 Å². The summed E-state index contributed by atoms with van der Waals surface area (Å²) in [6.45, 7) is 2.72. The summed E-state index contributed by atoms with van der Waals surface area (Å²) in [5.74, 6) is 2.80. The van der Waals surface area contributed by atoms with Crippen molar-refractivity contribution in [3.63, 3.8) is 0 Å². The van der Waals surface area contributed by atoms with Crippen LogP contribution in [-0.2, 0) is 13.1 Å². The van der Waals surface area contributed by atoms with Gasteiger partial charge in [-0.1, -0.05) is 54.2 Å². The van der Waals surface area contributed by atoms with Gasteiger partial charge in [-0.25, -0.2) is 9.97 Å². The molecule has 0 saturated carbocycles. The third-order valence-corrected chi connectivity index (χ3v) is 10.6. The number of rotatable bonds is 8. The summed E-state index contributed by atoms with van der Waals surface area (Å²) in [6.07, 6.45) is 3.42. The van der Waals surface area contributed by atoms with E-state index < -0.39 is 0 Å². The number of benzene rings is 3. The zero-order chi connectivity index (χ0) is 45.5. The van der Waals surface area contributed by atoms with E-state index in [1.54, 1.807) is 48.8 Å². The van der Waals surface area contributed by atoms with Gasteiger partial charge in [0.25, 0.3) is 0 Å². The number of nitriles is 4. The van der Waals surface area contributed by atoms with Crippen molar-refractivity contribution < 1.29 is 18.9 Å². The van der Waals surface area contributed by atoms with Crippen LogP contribution in [0.5, 0.6) is 23.0 Å². The highest BCUT2D eigenvalue weighted by Gasteiger charge is 2.24. The van der Waals surface area contributed by atoms with Crippen LogP contribution in [0.1, 0.15) is 33.6 Å². The monoisotopic (exact) mass is 878 g/mol. The second kappa shape index (κ2) is 21.3. The lowest BCUT2D eigenvalue weighted by Gasteiger charge is -2.20. The van der Waals surface area contributed by atoms with Crippen molar-refractivity contribution >= 4 is 29.2 Å². The lowest BCUT2D eigenvalue weighted by molar-refractivity contribution is 0.171. The quantitative estimate of drug-likeness (QED) is 0.116. The van der Waals surface area contributed by atoms with E-state index in [0.29, 0.717) is 101 Å². The predicted octanol–water partition coefficient (Wildman–Crippen LogP) is 7.39. The minimum absolute atomic E-state index is 0.0416. The summed E-state index contributed by atoms with van der Waals surface area (Å²) in [4.78, 5) is 17.7. The number of nitrogen functional groups attached to an aromatic ring is 2. The number of pyridine rings is 4. The minimum atomic E-state index is 0.0416. The number of aromatic nitrogens is 4. The third-order valence-electron chi connectivity index (χ3n) is 9.58. The Morgan fingerprint density at radius 2 is 1.05 bits per heavy atom. The third kappa shape index (κ3) is 10.4. The highest BCUT2D eigenvalue weighted by molar-refractivity contribution is 7.99. The van der Waals surface area contributed by atoms with Crippen LogP contribution in [0.3, 0.4) is 0 Å². The number of nitrogens with one attached hydrogen (secondary N) is 1. The molecule has 0 amide bonds. The van der Waals surface area contributed by atoms with E-state index in [2.05, 4.69) is 49.5 Å². The molecule has 0 unspecified atom stereocenters. The maximum absolute atomic E-state index is 9.88. The van der Waals surface area contributed by atoms with Crippen LogP contribution in [0.2, 0.25) is 0 Å². The average Bonchev–Trinajstić information content (AvgIpc) is 3.36. The Bertz CT molecular complexity index is 2990. The molecule has 0 saturated heterocycles. The SMILES string of the molecule is N#Cc1c(N)nc(NCc2ccccn2)c(C#N)c1-c1ccc2c(c1)OCCO2.N#Cc1c(N)nc(Sc2ccccc2)c(C#N)c1-c1ccc2c(c1)OCCO2.NCc1ccccn1. The zero-order valence-corrected chi connectivity index (χ0v) is 35.4. The van der Waals surface area contributed by atoms with Crippen LogP contribution >= 0.6 is 11.8 Å². The molecule has 0 bridgehead atoms. The maximum atomic E-state index is 9.88. The highest BCUT2D eigenvalue weighted by atomic mass is 32.2. The molecule has 0 fully saturated rings. The molecule has 7 aromatic rings. The van der Waals surface area contributed by atoms with Crippen molar-refractivity contribution in [2.45, 2.75) is 23.0 Å².